The minimum absolute atomic E-state index is 0.237. The van der Waals surface area contributed by atoms with Gasteiger partial charge in [-0.1, -0.05) is 0 Å². The fraction of sp³-hybridized carbons (Fsp3) is 0.909. The van der Waals surface area contributed by atoms with Crippen LogP contribution in [0.3, 0.4) is 0 Å². The molecular formula is C11H19N3O2. The number of carbonyl (C=O) groups excluding carboxylic acids is 1. The smallest absolute Gasteiger partial charge is 0.226 e. The first-order valence-corrected chi connectivity index (χ1v) is 6.06. The molecule has 3 unspecified atom stereocenters. The zero-order valence-corrected chi connectivity index (χ0v) is 9.34. The lowest BCUT2D eigenvalue weighted by molar-refractivity contribution is -0.133. The summed E-state index contributed by atoms with van der Waals surface area (Å²) in [5.41, 5.74) is 11.3. The van der Waals surface area contributed by atoms with Gasteiger partial charge in [0.1, 0.15) is 0 Å². The fourth-order valence-electron chi connectivity index (χ4n) is 3.12. The zero-order valence-electron chi connectivity index (χ0n) is 9.34. The van der Waals surface area contributed by atoms with Crippen molar-refractivity contribution in [2.24, 2.45) is 35.1 Å². The molecule has 16 heavy (non-hydrogen) atoms. The van der Waals surface area contributed by atoms with Crippen molar-refractivity contribution < 1.29 is 9.53 Å². The maximum absolute atomic E-state index is 12.2. The molecule has 0 spiro atoms. The van der Waals surface area contributed by atoms with E-state index in [1.165, 1.54) is 0 Å². The number of hydrogen-bond acceptors (Lipinski definition) is 4. The lowest BCUT2D eigenvalue weighted by Crippen LogP contribution is -2.41. The number of fused-ring (bicyclic) bond motifs is 1. The molecule has 2 saturated heterocycles. The lowest BCUT2D eigenvalue weighted by Gasteiger charge is -2.19. The fourth-order valence-corrected chi connectivity index (χ4v) is 3.12. The highest BCUT2D eigenvalue weighted by atomic mass is 16.5. The number of ether oxygens (including phenoxy) is 1. The normalized spacial score (nSPS) is 41.6. The van der Waals surface area contributed by atoms with Gasteiger partial charge in [0.05, 0.1) is 19.4 Å². The van der Waals surface area contributed by atoms with Crippen LogP contribution in [0.25, 0.3) is 0 Å². The Bertz CT molecular complexity index is 298. The predicted octanol–water partition coefficient (Wildman–Crippen LogP) is -1.03. The number of carbonyl (C=O) groups is 1. The average molecular weight is 225 g/mol. The van der Waals surface area contributed by atoms with E-state index >= 15 is 0 Å². The van der Waals surface area contributed by atoms with Gasteiger partial charge in [0.2, 0.25) is 5.91 Å². The Morgan fingerprint density at radius 3 is 2.56 bits per heavy atom. The molecule has 0 aromatic heterocycles. The van der Waals surface area contributed by atoms with Crippen LogP contribution in [0.5, 0.6) is 0 Å². The van der Waals surface area contributed by atoms with Crippen LogP contribution in [-0.4, -0.2) is 43.3 Å². The van der Waals surface area contributed by atoms with E-state index in [1.54, 1.807) is 0 Å². The molecule has 3 rings (SSSR count). The Hall–Kier alpha value is -0.650. The molecule has 3 aliphatic rings. The first-order valence-electron chi connectivity index (χ1n) is 6.06. The summed E-state index contributed by atoms with van der Waals surface area (Å²) in [4.78, 5) is 14.1. The van der Waals surface area contributed by atoms with Gasteiger partial charge in [0.15, 0.2) is 0 Å². The van der Waals surface area contributed by atoms with Crippen LogP contribution in [0.15, 0.2) is 0 Å². The van der Waals surface area contributed by atoms with Gasteiger partial charge in [-0.3, -0.25) is 4.79 Å². The summed E-state index contributed by atoms with van der Waals surface area (Å²) in [7, 11) is 0. The van der Waals surface area contributed by atoms with E-state index in [1.807, 2.05) is 4.90 Å². The van der Waals surface area contributed by atoms with Gasteiger partial charge in [0.25, 0.3) is 0 Å². The van der Waals surface area contributed by atoms with Gasteiger partial charge < -0.3 is 21.1 Å². The summed E-state index contributed by atoms with van der Waals surface area (Å²) in [6, 6.07) is 0. The number of hydrogen-bond donors (Lipinski definition) is 2. The Balaban J connectivity index is 1.57. The molecule has 90 valence electrons. The van der Waals surface area contributed by atoms with Crippen LogP contribution in [0.4, 0.5) is 0 Å². The van der Waals surface area contributed by atoms with Crippen molar-refractivity contribution in [3.05, 3.63) is 0 Å². The summed E-state index contributed by atoms with van der Waals surface area (Å²) in [6.45, 7) is 3.11. The Morgan fingerprint density at radius 2 is 2.00 bits per heavy atom. The maximum Gasteiger partial charge on any atom is 0.226 e. The highest BCUT2D eigenvalue weighted by Gasteiger charge is 2.59. The standard InChI is InChI=1S/C11H19N3O2/c12-10(13)6-1-2-14(3-6)11(15)9-7-4-16-5-8(7)9/h6-10H,1-5,12-13H2. The molecular weight excluding hydrogens is 206 g/mol. The average Bonchev–Trinajstić information content (AvgIpc) is 2.74. The molecule has 0 aromatic carbocycles. The molecule has 2 heterocycles. The van der Waals surface area contributed by atoms with Gasteiger partial charge in [-0.05, 0) is 18.3 Å². The van der Waals surface area contributed by atoms with Crippen LogP contribution in [0.1, 0.15) is 6.42 Å². The molecule has 0 aromatic rings. The highest BCUT2D eigenvalue weighted by molar-refractivity contribution is 5.82. The first-order chi connectivity index (χ1) is 7.68. The third kappa shape index (κ3) is 1.54. The van der Waals surface area contributed by atoms with Crippen molar-refractivity contribution in [3.63, 3.8) is 0 Å². The molecule has 0 radical (unpaired) electrons. The summed E-state index contributed by atoms with van der Waals surface area (Å²) in [5, 5.41) is 0. The van der Waals surface area contributed by atoms with Crippen LogP contribution in [0, 0.1) is 23.7 Å². The minimum Gasteiger partial charge on any atom is -0.381 e. The molecule has 3 atom stereocenters. The Labute approximate surface area is 95.1 Å². The number of nitrogens with zero attached hydrogens (tertiary/aromatic N) is 1. The summed E-state index contributed by atoms with van der Waals surface area (Å²) >= 11 is 0. The lowest BCUT2D eigenvalue weighted by atomic mass is 10.1. The zero-order chi connectivity index (χ0) is 11.3. The SMILES string of the molecule is NC(N)C1CCN(C(=O)C2C3COCC32)C1. The number of rotatable bonds is 2. The van der Waals surface area contributed by atoms with Crippen LogP contribution in [-0.2, 0) is 9.53 Å². The summed E-state index contributed by atoms with van der Waals surface area (Å²) in [6.07, 6.45) is 0.655. The van der Waals surface area contributed by atoms with Crippen molar-refractivity contribution >= 4 is 5.91 Å². The van der Waals surface area contributed by atoms with E-state index < -0.39 is 0 Å². The third-order valence-electron chi connectivity index (χ3n) is 4.32. The number of nitrogens with two attached hydrogens (primary N) is 2. The summed E-state index contributed by atoms with van der Waals surface area (Å²) in [5.74, 6) is 1.82. The second-order valence-electron chi connectivity index (χ2n) is 5.30. The molecule has 5 nitrogen and oxygen atoms in total. The van der Waals surface area contributed by atoms with Crippen molar-refractivity contribution in [1.29, 1.82) is 0 Å². The van der Waals surface area contributed by atoms with Crippen LogP contribution >= 0.6 is 0 Å². The molecule has 1 amide bonds. The number of likely N-dealkylation sites (tertiary alicyclic amines) is 1. The first kappa shape index (κ1) is 10.5. The number of amides is 1. The largest absolute Gasteiger partial charge is 0.381 e. The van der Waals surface area contributed by atoms with E-state index in [4.69, 9.17) is 16.2 Å². The molecule has 4 N–H and O–H groups in total. The van der Waals surface area contributed by atoms with Crippen LogP contribution in [0.2, 0.25) is 0 Å². The maximum atomic E-state index is 12.2. The van der Waals surface area contributed by atoms with E-state index in [0.717, 1.165) is 32.7 Å². The molecule has 0 bridgehead atoms. The van der Waals surface area contributed by atoms with E-state index in [0.29, 0.717) is 17.7 Å². The van der Waals surface area contributed by atoms with E-state index in [-0.39, 0.29) is 18.0 Å². The Kier molecular flexibility index (Phi) is 2.42. The van der Waals surface area contributed by atoms with Gasteiger partial charge in [-0.2, -0.15) is 0 Å². The van der Waals surface area contributed by atoms with Crippen molar-refractivity contribution in [3.8, 4) is 0 Å². The third-order valence-corrected chi connectivity index (χ3v) is 4.32. The Morgan fingerprint density at radius 1 is 1.31 bits per heavy atom. The van der Waals surface area contributed by atoms with Gasteiger partial charge in [0, 0.05) is 24.9 Å². The molecule has 1 aliphatic carbocycles. The van der Waals surface area contributed by atoms with Crippen LogP contribution < -0.4 is 11.5 Å². The van der Waals surface area contributed by atoms with Crippen molar-refractivity contribution in [1.82, 2.24) is 4.90 Å². The topological polar surface area (TPSA) is 81.6 Å². The second kappa shape index (κ2) is 3.68. The van der Waals surface area contributed by atoms with E-state index in [9.17, 15) is 4.79 Å². The monoisotopic (exact) mass is 225 g/mol. The van der Waals surface area contributed by atoms with Crippen molar-refractivity contribution in [2.75, 3.05) is 26.3 Å². The minimum atomic E-state index is -0.292. The van der Waals surface area contributed by atoms with Gasteiger partial charge in [-0.15, -0.1) is 0 Å². The highest BCUT2D eigenvalue weighted by Crippen LogP contribution is 2.51. The van der Waals surface area contributed by atoms with Gasteiger partial charge in [-0.25, -0.2) is 0 Å². The van der Waals surface area contributed by atoms with Crippen molar-refractivity contribution in [2.45, 2.75) is 12.6 Å². The second-order valence-corrected chi connectivity index (χ2v) is 5.30. The van der Waals surface area contributed by atoms with Gasteiger partial charge >= 0.3 is 0 Å². The molecule has 3 fully saturated rings. The quantitative estimate of drug-likeness (QED) is 0.589. The molecule has 2 aliphatic heterocycles. The molecule has 1 saturated carbocycles. The van der Waals surface area contributed by atoms with E-state index in [2.05, 4.69) is 0 Å². The predicted molar refractivity (Wildman–Crippen MR) is 58.1 cm³/mol. The summed E-state index contributed by atoms with van der Waals surface area (Å²) < 4.78 is 5.30. The molecule has 5 heteroatoms.